The number of unbranched alkanes of at least 4 members (excludes halogenated alkanes) is 2. The van der Waals surface area contributed by atoms with E-state index in [0.29, 0.717) is 17.9 Å². The number of hydrogen-bond acceptors (Lipinski definition) is 7. The SMILES string of the molecule is C=CCCCCN(C)C(=O)[C@H]1CC[C@@H](Oc2cc(-c3nc(C(C)C)cs3)nc3c(C)c(OC)ccc23)C1.C=C[C@@H]1C[C@H]1NC=O. The van der Waals surface area contributed by atoms with E-state index in [4.69, 9.17) is 19.4 Å². The molecule has 4 atom stereocenters. The predicted molar refractivity (Wildman–Crippen MR) is 183 cm³/mol. The zero-order valence-corrected chi connectivity index (χ0v) is 28.2. The second kappa shape index (κ2) is 16.0. The number of ether oxygens (including phenoxy) is 2. The summed E-state index contributed by atoms with van der Waals surface area (Å²) in [6, 6.07) is 6.39. The summed E-state index contributed by atoms with van der Waals surface area (Å²) in [5, 5.41) is 6.61. The number of aryl methyl sites for hydroxylation is 1. The number of thiazole rings is 1. The first-order valence-electron chi connectivity index (χ1n) is 16.0. The number of nitrogens with zero attached hydrogens (tertiary/aromatic N) is 3. The molecule has 8 nitrogen and oxygen atoms in total. The highest BCUT2D eigenvalue weighted by molar-refractivity contribution is 7.13. The van der Waals surface area contributed by atoms with Crippen molar-refractivity contribution >= 4 is 34.6 Å². The molecule has 2 aliphatic rings. The first-order valence-corrected chi connectivity index (χ1v) is 16.9. The van der Waals surface area contributed by atoms with E-state index in [0.717, 1.165) is 102 Å². The molecular formula is C36H48N4O4S. The van der Waals surface area contributed by atoms with Gasteiger partial charge in [-0.15, -0.1) is 24.5 Å². The third kappa shape index (κ3) is 8.72. The van der Waals surface area contributed by atoms with Gasteiger partial charge in [-0.2, -0.15) is 0 Å². The maximum Gasteiger partial charge on any atom is 0.225 e. The van der Waals surface area contributed by atoms with E-state index < -0.39 is 0 Å². The summed E-state index contributed by atoms with van der Waals surface area (Å²) in [5.74, 6) is 2.73. The summed E-state index contributed by atoms with van der Waals surface area (Å²) < 4.78 is 12.2. The van der Waals surface area contributed by atoms with Crippen LogP contribution in [0.2, 0.25) is 0 Å². The van der Waals surface area contributed by atoms with E-state index in [1.54, 1.807) is 18.4 Å². The van der Waals surface area contributed by atoms with Crippen LogP contribution in [-0.4, -0.2) is 60.0 Å². The van der Waals surface area contributed by atoms with Crippen LogP contribution >= 0.6 is 11.3 Å². The summed E-state index contributed by atoms with van der Waals surface area (Å²) in [7, 11) is 3.60. The Kier molecular flexibility index (Phi) is 12.2. The van der Waals surface area contributed by atoms with E-state index in [2.05, 4.69) is 37.7 Å². The Labute approximate surface area is 271 Å². The lowest BCUT2D eigenvalue weighted by molar-refractivity contribution is -0.134. The molecule has 242 valence electrons. The fourth-order valence-electron chi connectivity index (χ4n) is 5.74. The average molecular weight is 633 g/mol. The van der Waals surface area contributed by atoms with E-state index in [1.165, 1.54) is 0 Å². The lowest BCUT2D eigenvalue weighted by Gasteiger charge is -2.21. The van der Waals surface area contributed by atoms with Gasteiger partial charge in [0.25, 0.3) is 0 Å². The maximum absolute atomic E-state index is 13.1. The predicted octanol–water partition coefficient (Wildman–Crippen LogP) is 7.47. The average Bonchev–Trinajstić information content (AvgIpc) is 3.38. The number of methoxy groups -OCH3 is 1. The van der Waals surface area contributed by atoms with Crippen LogP contribution in [0.25, 0.3) is 21.6 Å². The van der Waals surface area contributed by atoms with Crippen molar-refractivity contribution in [1.82, 2.24) is 20.2 Å². The molecule has 2 fully saturated rings. The number of benzene rings is 1. The largest absolute Gasteiger partial charge is 0.496 e. The van der Waals surface area contributed by atoms with Crippen molar-refractivity contribution in [3.63, 3.8) is 0 Å². The molecule has 9 heteroatoms. The van der Waals surface area contributed by atoms with E-state index >= 15 is 0 Å². The summed E-state index contributed by atoms with van der Waals surface area (Å²) in [5.41, 5.74) is 3.71. The van der Waals surface area contributed by atoms with Gasteiger partial charge in [-0.3, -0.25) is 9.59 Å². The van der Waals surface area contributed by atoms with Crippen molar-refractivity contribution in [2.24, 2.45) is 11.8 Å². The smallest absolute Gasteiger partial charge is 0.225 e. The molecule has 5 rings (SSSR count). The minimum atomic E-state index is -0.00788. The molecule has 2 amide bonds. The van der Waals surface area contributed by atoms with E-state index in [1.807, 2.05) is 49.2 Å². The molecule has 2 heterocycles. The lowest BCUT2D eigenvalue weighted by atomic mass is 10.1. The van der Waals surface area contributed by atoms with Crippen LogP contribution < -0.4 is 14.8 Å². The van der Waals surface area contributed by atoms with Gasteiger partial charge in [-0.05, 0) is 75.8 Å². The first kappa shape index (κ1) is 34.2. The van der Waals surface area contributed by atoms with Crippen molar-refractivity contribution in [2.45, 2.75) is 83.8 Å². The van der Waals surface area contributed by atoms with Crippen LogP contribution in [0.4, 0.5) is 0 Å². The molecule has 2 aliphatic carbocycles. The summed E-state index contributed by atoms with van der Waals surface area (Å²) >= 11 is 1.61. The van der Waals surface area contributed by atoms with Gasteiger partial charge in [0.15, 0.2) is 0 Å². The molecule has 1 N–H and O–H groups in total. The monoisotopic (exact) mass is 632 g/mol. The Balaban J connectivity index is 0.000000501. The Hall–Kier alpha value is -3.72. The number of carbonyl (C=O) groups excluding carboxylic acids is 2. The number of carbonyl (C=O) groups is 2. The van der Waals surface area contributed by atoms with E-state index in [9.17, 15) is 9.59 Å². The molecule has 0 unspecified atom stereocenters. The Morgan fingerprint density at radius 2 is 1.98 bits per heavy atom. The third-order valence-electron chi connectivity index (χ3n) is 8.68. The molecule has 0 bridgehead atoms. The normalized spacial score (nSPS) is 20.2. The topological polar surface area (TPSA) is 93.7 Å². The minimum Gasteiger partial charge on any atom is -0.496 e. The van der Waals surface area contributed by atoms with Crippen LogP contribution in [0.1, 0.15) is 76.0 Å². The van der Waals surface area contributed by atoms with E-state index in [-0.39, 0.29) is 17.9 Å². The van der Waals surface area contributed by atoms with Crippen molar-refractivity contribution in [3.05, 3.63) is 60.1 Å². The van der Waals surface area contributed by atoms with Crippen LogP contribution in [-0.2, 0) is 9.59 Å². The number of hydrogen-bond donors (Lipinski definition) is 1. The molecule has 3 aromatic rings. The molecule has 0 spiro atoms. The van der Waals surface area contributed by atoms with Crippen LogP contribution in [0.3, 0.4) is 0 Å². The van der Waals surface area contributed by atoms with Gasteiger partial charge in [-0.1, -0.05) is 26.0 Å². The van der Waals surface area contributed by atoms with Gasteiger partial charge in [0.05, 0.1) is 24.4 Å². The fraction of sp³-hybridized carbons (Fsp3) is 0.500. The molecule has 1 aromatic carbocycles. The second-order valence-electron chi connectivity index (χ2n) is 12.3. The van der Waals surface area contributed by atoms with Crippen molar-refractivity contribution < 1.29 is 19.1 Å². The zero-order chi connectivity index (χ0) is 32.5. The zero-order valence-electron chi connectivity index (χ0n) is 27.4. The quantitative estimate of drug-likeness (QED) is 0.113. The maximum atomic E-state index is 13.1. The van der Waals surface area contributed by atoms with Gasteiger partial charge < -0.3 is 19.7 Å². The molecule has 45 heavy (non-hydrogen) atoms. The highest BCUT2D eigenvalue weighted by atomic mass is 32.1. The molecule has 0 aliphatic heterocycles. The van der Waals surface area contributed by atoms with Crippen molar-refractivity contribution in [2.75, 3.05) is 20.7 Å². The van der Waals surface area contributed by atoms with Gasteiger partial charge in [-0.25, -0.2) is 9.97 Å². The van der Waals surface area contributed by atoms with Gasteiger partial charge in [0.2, 0.25) is 12.3 Å². The number of pyridine rings is 1. The van der Waals surface area contributed by atoms with Crippen LogP contribution in [0.5, 0.6) is 11.5 Å². The molecule has 0 saturated heterocycles. The number of rotatable bonds is 14. The number of amides is 2. The van der Waals surface area contributed by atoms with Gasteiger partial charge in [0.1, 0.15) is 22.2 Å². The van der Waals surface area contributed by atoms with Crippen molar-refractivity contribution in [1.29, 1.82) is 0 Å². The Morgan fingerprint density at radius 1 is 1.18 bits per heavy atom. The van der Waals surface area contributed by atoms with Crippen LogP contribution in [0, 0.1) is 18.8 Å². The summed E-state index contributed by atoms with van der Waals surface area (Å²) in [6.07, 6.45) is 11.1. The Bertz CT molecular complexity index is 1490. The highest BCUT2D eigenvalue weighted by Crippen LogP contribution is 2.39. The van der Waals surface area contributed by atoms with Crippen LogP contribution in [0.15, 0.2) is 48.9 Å². The number of nitrogens with one attached hydrogen (secondary N) is 1. The fourth-order valence-corrected chi connectivity index (χ4v) is 6.68. The molecule has 2 aromatic heterocycles. The molecular weight excluding hydrogens is 584 g/mol. The summed E-state index contributed by atoms with van der Waals surface area (Å²) in [6.45, 7) is 14.5. The standard InChI is InChI=1S/C30H39N3O3S.C6H9NO/c1-7-8-9-10-15-33(5)30(34)21-11-12-22(16-21)36-27-17-24(29-32-25(18-37-29)19(2)3)31-28-20(4)26(35-6)14-13-23(27)28;1-2-5-3-6(5)7-4-8/h7,13-14,17-19,21-22H,1,8-12,15-16H2,2-6H3;2,4-6H,1,3H2,(H,7,8)/t21-,22+;5-,6-/m01/s1. The first-order chi connectivity index (χ1) is 21.7. The van der Waals surface area contributed by atoms with Gasteiger partial charge >= 0.3 is 0 Å². The number of aromatic nitrogens is 2. The lowest BCUT2D eigenvalue weighted by Crippen LogP contribution is -2.33. The molecule has 2 saturated carbocycles. The molecule has 0 radical (unpaired) electrons. The van der Waals surface area contributed by atoms with Crippen molar-refractivity contribution in [3.8, 4) is 22.2 Å². The highest BCUT2D eigenvalue weighted by Gasteiger charge is 2.34. The van der Waals surface area contributed by atoms with Gasteiger partial charge in [0, 0.05) is 47.9 Å². The number of allylic oxidation sites excluding steroid dienone is 1. The third-order valence-corrected chi connectivity index (χ3v) is 9.56. The Morgan fingerprint density at radius 3 is 2.62 bits per heavy atom. The minimum absolute atomic E-state index is 0.00788. The number of fused-ring (bicyclic) bond motifs is 1. The summed E-state index contributed by atoms with van der Waals surface area (Å²) in [4.78, 5) is 34.5. The second-order valence-corrected chi connectivity index (χ2v) is 13.2.